The molecule has 18 heavy (non-hydrogen) atoms. The lowest BCUT2D eigenvalue weighted by atomic mass is 10.1. The number of likely N-dealkylation sites (tertiary alicyclic amines) is 1. The van der Waals surface area contributed by atoms with Gasteiger partial charge in [0.25, 0.3) is 0 Å². The predicted molar refractivity (Wildman–Crippen MR) is 72.8 cm³/mol. The second-order valence-electron chi connectivity index (χ2n) is 4.24. The molecule has 1 unspecified atom stereocenters. The van der Waals surface area contributed by atoms with Gasteiger partial charge in [-0.25, -0.2) is 0 Å². The van der Waals surface area contributed by atoms with Gasteiger partial charge in [-0.05, 0) is 17.9 Å². The first-order valence-corrected chi connectivity index (χ1v) is 7.81. The molecule has 1 N–H and O–H groups in total. The fraction of sp³-hybridized carbons (Fsp3) is 0.500. The Morgan fingerprint density at radius 2 is 2.39 bits per heavy atom. The maximum Gasteiger partial charge on any atom is 0.308 e. The van der Waals surface area contributed by atoms with E-state index in [1.54, 1.807) is 28.0 Å². The highest BCUT2D eigenvalue weighted by atomic mass is 32.2. The van der Waals surface area contributed by atoms with Crippen molar-refractivity contribution in [2.75, 3.05) is 18.8 Å². The lowest BCUT2D eigenvalue weighted by molar-refractivity contribution is -0.141. The van der Waals surface area contributed by atoms with E-state index in [4.69, 9.17) is 5.11 Å². The Hall–Kier alpha value is -1.01. The summed E-state index contributed by atoms with van der Waals surface area (Å²) in [6.45, 7) is 0.948. The van der Waals surface area contributed by atoms with Crippen molar-refractivity contribution in [3.63, 3.8) is 0 Å². The molecule has 0 aromatic carbocycles. The monoisotopic (exact) mass is 285 g/mol. The van der Waals surface area contributed by atoms with Crippen molar-refractivity contribution in [2.24, 2.45) is 5.92 Å². The van der Waals surface area contributed by atoms with Crippen molar-refractivity contribution in [3.05, 3.63) is 22.4 Å². The summed E-state index contributed by atoms with van der Waals surface area (Å²) in [7, 11) is 0. The first-order valence-electron chi connectivity index (χ1n) is 5.77. The van der Waals surface area contributed by atoms with Crippen LogP contribution in [-0.2, 0) is 15.3 Å². The number of thioether (sulfide) groups is 1. The Bertz CT molecular complexity index is 419. The second-order valence-corrected chi connectivity index (χ2v) is 6.25. The Labute approximate surface area is 114 Å². The summed E-state index contributed by atoms with van der Waals surface area (Å²) in [5.74, 6) is 0.164. The number of carboxylic acid groups (broad SMARTS) is 1. The number of hydrogen-bond donors (Lipinski definition) is 1. The molecule has 98 valence electrons. The Kier molecular flexibility index (Phi) is 4.66. The van der Waals surface area contributed by atoms with E-state index in [2.05, 4.69) is 6.07 Å². The molecule has 0 spiro atoms. The molecule has 0 bridgehead atoms. The zero-order chi connectivity index (χ0) is 13.0. The van der Waals surface area contributed by atoms with Gasteiger partial charge >= 0.3 is 5.97 Å². The number of aliphatic carboxylic acids is 1. The third-order valence-corrected chi connectivity index (χ3v) is 4.97. The van der Waals surface area contributed by atoms with E-state index < -0.39 is 5.97 Å². The van der Waals surface area contributed by atoms with Crippen molar-refractivity contribution < 1.29 is 14.7 Å². The molecule has 1 atom stereocenters. The number of amides is 1. The van der Waals surface area contributed by atoms with Crippen LogP contribution in [0.3, 0.4) is 0 Å². The molecule has 6 heteroatoms. The average Bonchev–Trinajstić information content (AvgIpc) is 2.99. The van der Waals surface area contributed by atoms with Gasteiger partial charge in [-0.1, -0.05) is 6.07 Å². The van der Waals surface area contributed by atoms with E-state index >= 15 is 0 Å². The molecule has 1 aliphatic rings. The molecule has 1 aromatic heterocycles. The highest BCUT2D eigenvalue weighted by Gasteiger charge is 2.30. The van der Waals surface area contributed by atoms with Crippen LogP contribution in [0.15, 0.2) is 17.5 Å². The van der Waals surface area contributed by atoms with Crippen LogP contribution < -0.4 is 0 Å². The fourth-order valence-electron chi connectivity index (χ4n) is 1.91. The van der Waals surface area contributed by atoms with E-state index in [0.29, 0.717) is 25.3 Å². The lowest BCUT2D eigenvalue weighted by Gasteiger charge is -2.15. The minimum Gasteiger partial charge on any atom is -0.481 e. The molecule has 1 fully saturated rings. The Balaban J connectivity index is 1.71. The maximum absolute atomic E-state index is 11.9. The van der Waals surface area contributed by atoms with E-state index in [-0.39, 0.29) is 11.8 Å². The van der Waals surface area contributed by atoms with E-state index in [9.17, 15) is 9.59 Å². The largest absolute Gasteiger partial charge is 0.481 e. The van der Waals surface area contributed by atoms with Gasteiger partial charge in [-0.2, -0.15) is 0 Å². The minimum atomic E-state index is -0.795. The van der Waals surface area contributed by atoms with Crippen LogP contribution in [0.25, 0.3) is 0 Å². The summed E-state index contributed by atoms with van der Waals surface area (Å²) in [6, 6.07) is 4.05. The summed E-state index contributed by atoms with van der Waals surface area (Å²) >= 11 is 3.28. The van der Waals surface area contributed by atoms with Crippen molar-refractivity contribution >= 4 is 35.0 Å². The van der Waals surface area contributed by atoms with Gasteiger partial charge in [-0.3, -0.25) is 9.59 Å². The van der Waals surface area contributed by atoms with E-state index in [1.807, 2.05) is 11.4 Å². The second kappa shape index (κ2) is 6.24. The number of hydrogen-bond acceptors (Lipinski definition) is 4. The molecule has 1 saturated heterocycles. The van der Waals surface area contributed by atoms with Crippen molar-refractivity contribution in [1.29, 1.82) is 0 Å². The van der Waals surface area contributed by atoms with Crippen LogP contribution in [0, 0.1) is 5.92 Å². The van der Waals surface area contributed by atoms with Gasteiger partial charge in [0.1, 0.15) is 0 Å². The molecule has 1 aliphatic heterocycles. The van der Waals surface area contributed by atoms with Gasteiger partial charge in [0, 0.05) is 23.7 Å². The quantitative estimate of drug-likeness (QED) is 0.898. The van der Waals surface area contributed by atoms with Gasteiger partial charge in [-0.15, -0.1) is 23.1 Å². The number of carbonyl (C=O) groups excluding carboxylic acids is 1. The van der Waals surface area contributed by atoms with Crippen molar-refractivity contribution in [2.45, 2.75) is 12.2 Å². The summed E-state index contributed by atoms with van der Waals surface area (Å²) < 4.78 is 0. The standard InChI is InChI=1S/C12H15NO3S2/c14-11(8-17-7-10-2-1-5-18-10)13-4-3-9(6-13)12(15)16/h1-2,5,9H,3-4,6-8H2,(H,15,16). The van der Waals surface area contributed by atoms with Crippen LogP contribution in [0.1, 0.15) is 11.3 Å². The molecule has 0 radical (unpaired) electrons. The van der Waals surface area contributed by atoms with Crippen LogP contribution in [0.5, 0.6) is 0 Å². The smallest absolute Gasteiger partial charge is 0.308 e. The first-order chi connectivity index (χ1) is 8.66. The van der Waals surface area contributed by atoms with Gasteiger partial charge in [0.15, 0.2) is 0 Å². The molecule has 0 saturated carbocycles. The lowest BCUT2D eigenvalue weighted by Crippen LogP contribution is -2.31. The van der Waals surface area contributed by atoms with Gasteiger partial charge < -0.3 is 10.0 Å². The summed E-state index contributed by atoms with van der Waals surface area (Å²) in [4.78, 5) is 25.6. The van der Waals surface area contributed by atoms with E-state index in [1.165, 1.54) is 4.88 Å². The van der Waals surface area contributed by atoms with Gasteiger partial charge in [0.2, 0.25) is 5.91 Å². The number of nitrogens with zero attached hydrogens (tertiary/aromatic N) is 1. The number of thiophene rings is 1. The number of carboxylic acids is 1. The van der Waals surface area contributed by atoms with Gasteiger partial charge in [0.05, 0.1) is 11.7 Å². The Morgan fingerprint density at radius 3 is 3.00 bits per heavy atom. The third-order valence-electron chi connectivity index (χ3n) is 2.94. The highest BCUT2D eigenvalue weighted by Crippen LogP contribution is 2.20. The normalized spacial score (nSPS) is 19.1. The zero-order valence-electron chi connectivity index (χ0n) is 9.87. The fourth-order valence-corrected chi connectivity index (χ4v) is 3.68. The maximum atomic E-state index is 11.9. The highest BCUT2D eigenvalue weighted by molar-refractivity contribution is 7.99. The molecular formula is C12H15NO3S2. The number of rotatable bonds is 5. The van der Waals surface area contributed by atoms with Crippen molar-refractivity contribution in [3.8, 4) is 0 Å². The molecule has 1 amide bonds. The summed E-state index contributed by atoms with van der Waals surface area (Å²) in [5, 5.41) is 10.9. The predicted octanol–water partition coefficient (Wildman–Crippen LogP) is 1.91. The molecule has 1 aromatic rings. The molecule has 4 nitrogen and oxygen atoms in total. The van der Waals surface area contributed by atoms with Crippen LogP contribution >= 0.6 is 23.1 Å². The van der Waals surface area contributed by atoms with Crippen LogP contribution in [0.2, 0.25) is 0 Å². The van der Waals surface area contributed by atoms with E-state index in [0.717, 1.165) is 5.75 Å². The minimum absolute atomic E-state index is 0.0558. The molecular weight excluding hydrogens is 270 g/mol. The first kappa shape index (κ1) is 13.4. The topological polar surface area (TPSA) is 57.6 Å². The third kappa shape index (κ3) is 3.49. The summed E-state index contributed by atoms with van der Waals surface area (Å²) in [5.41, 5.74) is 0. The molecule has 0 aliphatic carbocycles. The summed E-state index contributed by atoms with van der Waals surface area (Å²) in [6.07, 6.45) is 0.580. The average molecular weight is 285 g/mol. The SMILES string of the molecule is O=C(O)C1CCN(C(=O)CSCc2cccs2)C1. The van der Waals surface area contributed by atoms with Crippen LogP contribution in [-0.4, -0.2) is 40.7 Å². The molecule has 2 rings (SSSR count). The molecule has 2 heterocycles. The Morgan fingerprint density at radius 1 is 1.56 bits per heavy atom. The van der Waals surface area contributed by atoms with Crippen molar-refractivity contribution in [1.82, 2.24) is 4.90 Å². The zero-order valence-corrected chi connectivity index (χ0v) is 11.5. The number of carbonyl (C=O) groups is 2. The van der Waals surface area contributed by atoms with Crippen LogP contribution in [0.4, 0.5) is 0 Å².